The van der Waals surface area contributed by atoms with E-state index in [1.165, 1.54) is 4.90 Å². The molecule has 1 aromatic rings. The zero-order valence-electron chi connectivity index (χ0n) is 13.2. The monoisotopic (exact) mass is 305 g/mol. The topological polar surface area (TPSA) is 66.8 Å². The minimum atomic E-state index is -0.779. The molecule has 2 rings (SSSR count). The van der Waals surface area contributed by atoms with Crippen LogP contribution in [0.5, 0.6) is 0 Å². The van der Waals surface area contributed by atoms with Crippen LogP contribution in [-0.2, 0) is 16.0 Å². The maximum absolute atomic E-state index is 12.6. The molecule has 0 unspecified atom stereocenters. The van der Waals surface area contributed by atoms with Crippen molar-refractivity contribution in [2.24, 2.45) is 11.8 Å². The number of carbonyl (C=O) groups is 2. The molecule has 1 aromatic carbocycles. The molecule has 3 atom stereocenters. The Morgan fingerprint density at radius 1 is 1.32 bits per heavy atom. The molecule has 120 valence electrons. The van der Waals surface area contributed by atoms with E-state index in [2.05, 4.69) is 0 Å². The summed E-state index contributed by atoms with van der Waals surface area (Å²) in [5, 5.41) is 10.1. The SMILES string of the molecule is CC(C)[C@@H](O)[C@H](C)C(=O)N1C(=O)OC[C@@H]1Cc1ccccc1. The first-order valence-electron chi connectivity index (χ1n) is 7.63. The normalized spacial score (nSPS) is 20.9. The van der Waals surface area contributed by atoms with Gasteiger partial charge in [0.1, 0.15) is 6.61 Å². The lowest BCUT2D eigenvalue weighted by atomic mass is 9.93. The Morgan fingerprint density at radius 3 is 2.55 bits per heavy atom. The number of rotatable bonds is 5. The van der Waals surface area contributed by atoms with E-state index in [1.807, 2.05) is 44.2 Å². The number of aliphatic hydroxyl groups is 1. The third-order valence-corrected chi connectivity index (χ3v) is 4.10. The first-order valence-corrected chi connectivity index (χ1v) is 7.63. The Balaban J connectivity index is 2.12. The van der Waals surface area contributed by atoms with Crippen molar-refractivity contribution in [2.75, 3.05) is 6.61 Å². The maximum atomic E-state index is 12.6. The molecule has 0 saturated carbocycles. The second-order valence-corrected chi connectivity index (χ2v) is 6.15. The predicted octanol–water partition coefficient (Wildman–Crippen LogP) is 2.23. The van der Waals surface area contributed by atoms with Gasteiger partial charge in [0, 0.05) is 0 Å². The first kappa shape index (κ1) is 16.5. The minimum Gasteiger partial charge on any atom is -0.447 e. The Morgan fingerprint density at radius 2 is 1.95 bits per heavy atom. The van der Waals surface area contributed by atoms with Crippen molar-refractivity contribution < 1.29 is 19.4 Å². The first-order chi connectivity index (χ1) is 10.4. The van der Waals surface area contributed by atoms with Gasteiger partial charge >= 0.3 is 6.09 Å². The highest BCUT2D eigenvalue weighted by molar-refractivity contribution is 5.95. The Bertz CT molecular complexity index is 529. The summed E-state index contributed by atoms with van der Waals surface area (Å²) in [6.07, 6.45) is -0.838. The van der Waals surface area contributed by atoms with Gasteiger partial charge in [-0.1, -0.05) is 51.1 Å². The second-order valence-electron chi connectivity index (χ2n) is 6.15. The molecule has 0 radical (unpaired) electrons. The number of hydrogen-bond acceptors (Lipinski definition) is 4. The number of cyclic esters (lactones) is 1. The zero-order chi connectivity index (χ0) is 16.3. The highest BCUT2D eigenvalue weighted by Gasteiger charge is 2.41. The molecule has 5 nitrogen and oxygen atoms in total. The second kappa shape index (κ2) is 6.92. The van der Waals surface area contributed by atoms with Crippen molar-refractivity contribution in [1.29, 1.82) is 0 Å². The molecule has 1 aliphatic heterocycles. The molecule has 2 amide bonds. The van der Waals surface area contributed by atoms with Crippen LogP contribution in [0.1, 0.15) is 26.3 Å². The number of nitrogens with zero attached hydrogens (tertiary/aromatic N) is 1. The zero-order valence-corrected chi connectivity index (χ0v) is 13.2. The van der Waals surface area contributed by atoms with Crippen molar-refractivity contribution in [3.63, 3.8) is 0 Å². The third-order valence-electron chi connectivity index (χ3n) is 4.10. The highest BCUT2D eigenvalue weighted by atomic mass is 16.6. The smallest absolute Gasteiger partial charge is 0.416 e. The van der Waals surface area contributed by atoms with Gasteiger partial charge in [0.2, 0.25) is 5.91 Å². The average Bonchev–Trinajstić information content (AvgIpc) is 2.86. The van der Waals surface area contributed by atoms with E-state index in [9.17, 15) is 14.7 Å². The molecular weight excluding hydrogens is 282 g/mol. The average molecular weight is 305 g/mol. The standard InChI is InChI=1S/C17H23NO4/c1-11(2)15(19)12(3)16(20)18-14(10-22-17(18)21)9-13-7-5-4-6-8-13/h4-8,11-12,14-15,19H,9-10H2,1-3H3/t12-,14-,15+/m0/s1. The van der Waals surface area contributed by atoms with Crippen molar-refractivity contribution in [1.82, 2.24) is 4.90 Å². The quantitative estimate of drug-likeness (QED) is 0.906. The molecule has 1 saturated heterocycles. The van der Waals surface area contributed by atoms with Crippen molar-refractivity contribution >= 4 is 12.0 Å². The Hall–Kier alpha value is -1.88. The Kier molecular flexibility index (Phi) is 5.19. The van der Waals surface area contributed by atoms with Gasteiger partial charge in [-0.05, 0) is 17.9 Å². The summed E-state index contributed by atoms with van der Waals surface area (Å²) >= 11 is 0. The van der Waals surface area contributed by atoms with Crippen LogP contribution in [0.25, 0.3) is 0 Å². The minimum absolute atomic E-state index is 0.0508. The van der Waals surface area contributed by atoms with E-state index in [1.54, 1.807) is 6.92 Å². The summed E-state index contributed by atoms with van der Waals surface area (Å²) in [6.45, 7) is 5.54. The van der Waals surface area contributed by atoms with Crippen molar-refractivity contribution in [3.05, 3.63) is 35.9 Å². The molecule has 1 heterocycles. The lowest BCUT2D eigenvalue weighted by Crippen LogP contribution is -2.46. The van der Waals surface area contributed by atoms with Gasteiger partial charge in [-0.15, -0.1) is 0 Å². The molecule has 0 aromatic heterocycles. The van der Waals surface area contributed by atoms with Crippen LogP contribution in [0, 0.1) is 11.8 Å². The molecule has 5 heteroatoms. The van der Waals surface area contributed by atoms with Gasteiger partial charge in [0.25, 0.3) is 0 Å². The predicted molar refractivity (Wildman–Crippen MR) is 82.1 cm³/mol. The number of amides is 2. The van der Waals surface area contributed by atoms with Crippen LogP contribution in [-0.4, -0.2) is 40.8 Å². The van der Waals surface area contributed by atoms with E-state index in [4.69, 9.17) is 4.74 Å². The summed E-state index contributed by atoms with van der Waals surface area (Å²) in [5.74, 6) is -1.06. The fourth-order valence-corrected chi connectivity index (χ4v) is 2.71. The van der Waals surface area contributed by atoms with E-state index < -0.39 is 18.1 Å². The number of imide groups is 1. The van der Waals surface area contributed by atoms with Crippen LogP contribution in [0.15, 0.2) is 30.3 Å². The number of carbonyl (C=O) groups excluding carboxylic acids is 2. The van der Waals surface area contributed by atoms with Gasteiger partial charge in [0.15, 0.2) is 0 Å². The molecule has 22 heavy (non-hydrogen) atoms. The fraction of sp³-hybridized carbons (Fsp3) is 0.529. The highest BCUT2D eigenvalue weighted by Crippen LogP contribution is 2.23. The summed E-state index contributed by atoms with van der Waals surface area (Å²) in [5.41, 5.74) is 1.04. The fourth-order valence-electron chi connectivity index (χ4n) is 2.71. The summed E-state index contributed by atoms with van der Waals surface area (Å²) in [6, 6.07) is 9.36. The lowest BCUT2D eigenvalue weighted by molar-refractivity contribution is -0.137. The van der Waals surface area contributed by atoms with Crippen molar-refractivity contribution in [3.8, 4) is 0 Å². The number of aliphatic hydroxyl groups excluding tert-OH is 1. The number of ether oxygens (including phenoxy) is 1. The van der Waals surface area contributed by atoms with Crippen LogP contribution in [0.4, 0.5) is 4.79 Å². The molecule has 1 fully saturated rings. The van der Waals surface area contributed by atoms with E-state index in [-0.39, 0.29) is 24.5 Å². The molecule has 0 aliphatic carbocycles. The van der Waals surface area contributed by atoms with Gasteiger partial charge in [-0.2, -0.15) is 0 Å². The lowest BCUT2D eigenvalue weighted by Gasteiger charge is -2.27. The molecule has 0 bridgehead atoms. The van der Waals surface area contributed by atoms with Crippen LogP contribution in [0.2, 0.25) is 0 Å². The van der Waals surface area contributed by atoms with Gasteiger partial charge in [0.05, 0.1) is 18.1 Å². The van der Waals surface area contributed by atoms with Crippen LogP contribution in [0.3, 0.4) is 0 Å². The summed E-state index contributed by atoms with van der Waals surface area (Å²) < 4.78 is 5.05. The van der Waals surface area contributed by atoms with E-state index in [0.29, 0.717) is 6.42 Å². The summed E-state index contributed by atoms with van der Waals surface area (Å²) in [7, 11) is 0. The molecule has 0 spiro atoms. The third kappa shape index (κ3) is 3.47. The largest absolute Gasteiger partial charge is 0.447 e. The number of benzene rings is 1. The molecule has 1 aliphatic rings. The van der Waals surface area contributed by atoms with E-state index >= 15 is 0 Å². The molecular formula is C17H23NO4. The number of hydrogen-bond donors (Lipinski definition) is 1. The van der Waals surface area contributed by atoms with Crippen LogP contribution < -0.4 is 0 Å². The maximum Gasteiger partial charge on any atom is 0.416 e. The van der Waals surface area contributed by atoms with E-state index in [0.717, 1.165) is 5.56 Å². The van der Waals surface area contributed by atoms with Gasteiger partial charge < -0.3 is 9.84 Å². The Labute approximate surface area is 130 Å². The van der Waals surface area contributed by atoms with Gasteiger partial charge in [-0.25, -0.2) is 9.69 Å². The van der Waals surface area contributed by atoms with Gasteiger partial charge in [-0.3, -0.25) is 4.79 Å². The summed E-state index contributed by atoms with van der Waals surface area (Å²) in [4.78, 5) is 25.7. The van der Waals surface area contributed by atoms with Crippen molar-refractivity contribution in [2.45, 2.75) is 39.3 Å². The van der Waals surface area contributed by atoms with Crippen LogP contribution >= 0.6 is 0 Å². The molecule has 1 N–H and O–H groups in total.